The summed E-state index contributed by atoms with van der Waals surface area (Å²) < 4.78 is 13.2. The van der Waals surface area contributed by atoms with Crippen LogP contribution in [0.15, 0.2) is 22.7 Å². The van der Waals surface area contributed by atoms with E-state index in [-0.39, 0.29) is 10.3 Å². The smallest absolute Gasteiger partial charge is 0.173 e. The zero-order valence-electron chi connectivity index (χ0n) is 7.01. The third kappa shape index (κ3) is 2.54. The monoisotopic (exact) mass is 262 g/mol. The molecule has 0 saturated carbocycles. The SMILES string of the molecule is CSCC(=O)c1cccc(F)c1Br. The van der Waals surface area contributed by atoms with E-state index in [1.165, 1.54) is 23.9 Å². The fourth-order valence-corrected chi connectivity index (χ4v) is 1.83. The van der Waals surface area contributed by atoms with E-state index in [0.717, 1.165) is 0 Å². The van der Waals surface area contributed by atoms with Crippen molar-refractivity contribution in [2.45, 2.75) is 0 Å². The molecule has 0 aliphatic rings. The molecule has 1 nitrogen and oxygen atoms in total. The van der Waals surface area contributed by atoms with Gasteiger partial charge in [-0.05, 0) is 28.3 Å². The first-order valence-electron chi connectivity index (χ1n) is 3.63. The van der Waals surface area contributed by atoms with Gasteiger partial charge >= 0.3 is 0 Å². The summed E-state index contributed by atoms with van der Waals surface area (Å²) >= 11 is 4.47. The highest BCUT2D eigenvalue weighted by atomic mass is 79.9. The van der Waals surface area contributed by atoms with Crippen LogP contribution in [0.2, 0.25) is 0 Å². The van der Waals surface area contributed by atoms with Crippen molar-refractivity contribution in [2.24, 2.45) is 0 Å². The number of carbonyl (C=O) groups is 1. The van der Waals surface area contributed by atoms with E-state index in [2.05, 4.69) is 15.9 Å². The fourth-order valence-electron chi connectivity index (χ4n) is 0.928. The average Bonchev–Trinajstić information content (AvgIpc) is 2.10. The number of Topliss-reactive ketones (excluding diaryl/α,β-unsaturated/α-hetero) is 1. The van der Waals surface area contributed by atoms with Crippen molar-refractivity contribution in [1.82, 2.24) is 0 Å². The molecule has 0 aliphatic carbocycles. The molecule has 70 valence electrons. The Balaban J connectivity index is 3.01. The van der Waals surface area contributed by atoms with Crippen molar-refractivity contribution in [3.63, 3.8) is 0 Å². The normalized spacial score (nSPS) is 10.1. The summed E-state index contributed by atoms with van der Waals surface area (Å²) in [4.78, 5) is 11.4. The molecule has 0 aromatic heterocycles. The summed E-state index contributed by atoms with van der Waals surface area (Å²) in [5.74, 6) is -0.0759. The van der Waals surface area contributed by atoms with E-state index in [1.807, 2.05) is 6.26 Å². The van der Waals surface area contributed by atoms with Gasteiger partial charge in [0.15, 0.2) is 5.78 Å². The van der Waals surface area contributed by atoms with Crippen molar-refractivity contribution in [1.29, 1.82) is 0 Å². The van der Waals surface area contributed by atoms with Crippen molar-refractivity contribution >= 4 is 33.5 Å². The molecule has 0 amide bonds. The van der Waals surface area contributed by atoms with Crippen LogP contribution in [0, 0.1) is 5.82 Å². The molecule has 4 heteroatoms. The number of hydrogen-bond donors (Lipinski definition) is 0. The standard InChI is InChI=1S/C9H8BrFOS/c1-13-5-8(12)6-3-2-4-7(11)9(6)10/h2-4H,5H2,1H3. The van der Waals surface area contributed by atoms with Crippen LogP contribution in [-0.4, -0.2) is 17.8 Å². The lowest BCUT2D eigenvalue weighted by molar-refractivity contribution is 0.102. The van der Waals surface area contributed by atoms with Gasteiger partial charge in [-0.3, -0.25) is 4.79 Å². The number of carbonyl (C=O) groups excluding carboxylic acids is 1. The Morgan fingerprint density at radius 3 is 2.92 bits per heavy atom. The van der Waals surface area contributed by atoms with Gasteiger partial charge in [0.2, 0.25) is 0 Å². The molecule has 13 heavy (non-hydrogen) atoms. The summed E-state index contributed by atoms with van der Waals surface area (Å²) in [6.45, 7) is 0. The molecule has 0 N–H and O–H groups in total. The molecule has 0 fully saturated rings. The van der Waals surface area contributed by atoms with E-state index in [4.69, 9.17) is 0 Å². The zero-order valence-corrected chi connectivity index (χ0v) is 9.41. The summed E-state index contributed by atoms with van der Waals surface area (Å²) in [5, 5.41) is 0. The topological polar surface area (TPSA) is 17.1 Å². The predicted molar refractivity (Wildman–Crippen MR) is 56.8 cm³/mol. The number of rotatable bonds is 3. The van der Waals surface area contributed by atoms with Gasteiger partial charge in [0.05, 0.1) is 10.2 Å². The Bertz CT molecular complexity index is 327. The van der Waals surface area contributed by atoms with E-state index in [9.17, 15) is 9.18 Å². The number of thioether (sulfide) groups is 1. The first-order chi connectivity index (χ1) is 6.16. The third-order valence-electron chi connectivity index (χ3n) is 1.53. The fraction of sp³-hybridized carbons (Fsp3) is 0.222. The Labute approximate surface area is 88.8 Å². The third-order valence-corrected chi connectivity index (χ3v) is 2.88. The second kappa shape index (κ2) is 4.77. The van der Waals surface area contributed by atoms with Gasteiger partial charge in [-0.25, -0.2) is 4.39 Å². The number of benzene rings is 1. The zero-order chi connectivity index (χ0) is 9.84. The molecular formula is C9H8BrFOS. The van der Waals surface area contributed by atoms with Gasteiger partial charge in [0.1, 0.15) is 5.82 Å². The lowest BCUT2D eigenvalue weighted by atomic mass is 10.1. The van der Waals surface area contributed by atoms with Crippen LogP contribution in [0.25, 0.3) is 0 Å². The lowest BCUT2D eigenvalue weighted by Gasteiger charge is -2.02. The van der Waals surface area contributed by atoms with E-state index >= 15 is 0 Å². The molecule has 0 heterocycles. The molecule has 0 aliphatic heterocycles. The lowest BCUT2D eigenvalue weighted by Crippen LogP contribution is -2.03. The molecule has 1 rings (SSSR count). The molecule has 1 aromatic rings. The highest BCUT2D eigenvalue weighted by Gasteiger charge is 2.11. The number of ketones is 1. The van der Waals surface area contributed by atoms with Gasteiger partial charge in [0, 0.05) is 5.56 Å². The maximum absolute atomic E-state index is 13.0. The summed E-state index contributed by atoms with van der Waals surface area (Å²) in [5.41, 5.74) is 0.411. The summed E-state index contributed by atoms with van der Waals surface area (Å²) in [6, 6.07) is 4.47. The molecule has 0 unspecified atom stereocenters. The average molecular weight is 263 g/mol. The van der Waals surface area contributed by atoms with Crippen LogP contribution < -0.4 is 0 Å². The van der Waals surface area contributed by atoms with Crippen LogP contribution in [-0.2, 0) is 0 Å². The highest BCUT2D eigenvalue weighted by molar-refractivity contribution is 9.10. The van der Waals surface area contributed by atoms with Crippen molar-refractivity contribution in [3.8, 4) is 0 Å². The van der Waals surface area contributed by atoms with Gasteiger partial charge < -0.3 is 0 Å². The van der Waals surface area contributed by atoms with Crippen LogP contribution >= 0.6 is 27.7 Å². The predicted octanol–water partition coefficient (Wildman–Crippen LogP) is 3.13. The van der Waals surface area contributed by atoms with Crippen LogP contribution in [0.5, 0.6) is 0 Å². The van der Waals surface area contributed by atoms with Gasteiger partial charge in [-0.15, -0.1) is 0 Å². The van der Waals surface area contributed by atoms with Crippen molar-refractivity contribution < 1.29 is 9.18 Å². The Kier molecular flexibility index (Phi) is 3.93. The van der Waals surface area contributed by atoms with Crippen LogP contribution in [0.1, 0.15) is 10.4 Å². The Hall–Kier alpha value is -0.350. The molecule has 0 atom stereocenters. The second-order valence-corrected chi connectivity index (χ2v) is 4.12. The number of halogens is 2. The maximum Gasteiger partial charge on any atom is 0.173 e. The Morgan fingerprint density at radius 1 is 1.62 bits per heavy atom. The van der Waals surface area contributed by atoms with Gasteiger partial charge in [0.25, 0.3) is 0 Å². The largest absolute Gasteiger partial charge is 0.293 e. The molecule has 0 saturated heterocycles. The first kappa shape index (κ1) is 10.7. The van der Waals surface area contributed by atoms with E-state index < -0.39 is 5.82 Å². The maximum atomic E-state index is 13.0. The molecule has 0 spiro atoms. The highest BCUT2D eigenvalue weighted by Crippen LogP contribution is 2.21. The van der Waals surface area contributed by atoms with Crippen molar-refractivity contribution in [3.05, 3.63) is 34.1 Å². The Morgan fingerprint density at radius 2 is 2.31 bits per heavy atom. The molecule has 1 aromatic carbocycles. The van der Waals surface area contributed by atoms with Crippen LogP contribution in [0.4, 0.5) is 4.39 Å². The van der Waals surface area contributed by atoms with Gasteiger partial charge in [-0.1, -0.05) is 12.1 Å². The molecule has 0 radical (unpaired) electrons. The van der Waals surface area contributed by atoms with Crippen molar-refractivity contribution in [2.75, 3.05) is 12.0 Å². The molecule has 0 bridgehead atoms. The van der Waals surface area contributed by atoms with Gasteiger partial charge in [-0.2, -0.15) is 11.8 Å². The number of hydrogen-bond acceptors (Lipinski definition) is 2. The minimum Gasteiger partial charge on any atom is -0.293 e. The second-order valence-electron chi connectivity index (χ2n) is 2.46. The summed E-state index contributed by atoms with van der Waals surface area (Å²) in [7, 11) is 0. The summed E-state index contributed by atoms with van der Waals surface area (Å²) in [6.07, 6.45) is 1.84. The quantitative estimate of drug-likeness (QED) is 0.779. The minimum absolute atomic E-state index is 0.0566. The molecular weight excluding hydrogens is 255 g/mol. The minimum atomic E-state index is -0.396. The van der Waals surface area contributed by atoms with E-state index in [0.29, 0.717) is 11.3 Å². The first-order valence-corrected chi connectivity index (χ1v) is 5.81. The van der Waals surface area contributed by atoms with Crippen LogP contribution in [0.3, 0.4) is 0 Å². The van der Waals surface area contributed by atoms with E-state index in [1.54, 1.807) is 6.07 Å².